The molecule has 46 heavy (non-hydrogen) atoms. The molecule has 1 atom stereocenters. The van der Waals surface area contributed by atoms with Gasteiger partial charge >= 0.3 is 12.6 Å². The monoisotopic (exact) mass is 681 g/mol. The molecular formula is C31H29Cl2F2N2O9+. The van der Waals surface area contributed by atoms with Crippen molar-refractivity contribution in [1.29, 1.82) is 0 Å². The van der Waals surface area contributed by atoms with Gasteiger partial charge in [-0.1, -0.05) is 29.3 Å². The highest BCUT2D eigenvalue weighted by Crippen LogP contribution is 2.39. The number of amides is 2. The average Bonchev–Trinajstić information content (AvgIpc) is 3.84. The zero-order valence-corrected chi connectivity index (χ0v) is 26.4. The quantitative estimate of drug-likeness (QED) is 0.134. The number of esters is 1. The van der Waals surface area contributed by atoms with Crippen LogP contribution in [0.3, 0.4) is 0 Å². The number of carbonyl (C=O) groups excluding carboxylic acids is 3. The van der Waals surface area contributed by atoms with Crippen molar-refractivity contribution < 1.29 is 56.4 Å². The lowest BCUT2D eigenvalue weighted by Crippen LogP contribution is -2.40. The molecule has 0 unspecified atom stereocenters. The van der Waals surface area contributed by atoms with Crippen molar-refractivity contribution >= 4 is 41.0 Å². The molecule has 1 aliphatic carbocycles. The molecule has 15 heteroatoms. The van der Waals surface area contributed by atoms with Gasteiger partial charge in [-0.15, -0.1) is 0 Å². The zero-order chi connectivity index (χ0) is 33.1. The fourth-order valence-electron chi connectivity index (χ4n) is 4.85. The first-order valence-corrected chi connectivity index (χ1v) is 14.7. The first-order valence-electron chi connectivity index (χ1n) is 14.0. The lowest BCUT2D eigenvalue weighted by molar-refractivity contribution is -0.885. The van der Waals surface area contributed by atoms with Gasteiger partial charge in [0, 0.05) is 16.7 Å². The Morgan fingerprint density at radius 3 is 2.07 bits per heavy atom. The van der Waals surface area contributed by atoms with Gasteiger partial charge in [-0.3, -0.25) is 24.1 Å². The number of halogens is 4. The highest BCUT2D eigenvalue weighted by molar-refractivity contribution is 6.35. The smallest absolute Gasteiger partial charge is 0.387 e. The molecule has 2 amide bonds. The second-order valence-corrected chi connectivity index (χ2v) is 11.3. The number of hydrogen-bond acceptors (Lipinski definition) is 9. The van der Waals surface area contributed by atoms with Crippen molar-refractivity contribution in [2.75, 3.05) is 34.5 Å². The molecule has 1 fully saturated rings. The largest absolute Gasteiger partial charge is 0.493 e. The maximum absolute atomic E-state index is 13.4. The molecule has 1 aliphatic heterocycles. The molecule has 0 radical (unpaired) electrons. The number of fused-ring (bicyclic) bond motifs is 1. The number of carbonyl (C=O) groups is 3. The molecule has 0 saturated heterocycles. The van der Waals surface area contributed by atoms with Gasteiger partial charge in [-0.2, -0.15) is 8.78 Å². The Hall–Kier alpha value is -4.36. The Bertz CT molecular complexity index is 1600. The highest BCUT2D eigenvalue weighted by Gasteiger charge is 2.39. The Balaban J connectivity index is 1.44. The maximum atomic E-state index is 13.4. The molecule has 1 saturated carbocycles. The zero-order valence-electron chi connectivity index (χ0n) is 24.9. The third kappa shape index (κ3) is 7.20. The lowest BCUT2D eigenvalue weighted by Gasteiger charge is -2.22. The summed E-state index contributed by atoms with van der Waals surface area (Å²) in [4.78, 5) is 45.6. The summed E-state index contributed by atoms with van der Waals surface area (Å²) in [6.45, 7) is -3.54. The number of ether oxygens (including phenoxy) is 5. The number of benzene rings is 2. The summed E-state index contributed by atoms with van der Waals surface area (Å²) in [5.41, 5.74) is 0.776. The van der Waals surface area contributed by atoms with E-state index in [1.165, 1.54) is 68.8 Å². The first kappa shape index (κ1) is 33.0. The van der Waals surface area contributed by atoms with Crippen LogP contribution in [0.2, 0.25) is 10.0 Å². The Morgan fingerprint density at radius 2 is 1.54 bits per heavy atom. The van der Waals surface area contributed by atoms with Crippen molar-refractivity contribution in [3.05, 3.63) is 75.0 Å². The molecule has 5 rings (SSSR count). The van der Waals surface area contributed by atoms with Gasteiger partial charge in [0.2, 0.25) is 12.4 Å². The first-order chi connectivity index (χ1) is 22.0. The molecule has 2 heterocycles. The predicted molar refractivity (Wildman–Crippen MR) is 158 cm³/mol. The number of methoxy groups -OCH3 is 2. The number of rotatable bonds is 14. The van der Waals surface area contributed by atoms with Crippen LogP contribution in [0.25, 0.3) is 0 Å². The molecule has 3 aromatic rings. The van der Waals surface area contributed by atoms with E-state index in [9.17, 15) is 23.2 Å². The number of imide groups is 1. The second kappa shape index (κ2) is 14.0. The summed E-state index contributed by atoms with van der Waals surface area (Å²) in [5, 5.41) is 0.364. The van der Waals surface area contributed by atoms with Gasteiger partial charge in [-0.25, -0.2) is 0 Å². The van der Waals surface area contributed by atoms with E-state index in [4.69, 9.17) is 47.0 Å². The predicted octanol–water partition coefficient (Wildman–Crippen LogP) is 4.87. The minimum Gasteiger partial charge on any atom is -0.493 e. The summed E-state index contributed by atoms with van der Waals surface area (Å²) < 4.78 is 54.4. The van der Waals surface area contributed by atoms with Crippen molar-refractivity contribution in [3.63, 3.8) is 0 Å². The van der Waals surface area contributed by atoms with Gasteiger partial charge in [0.1, 0.15) is 29.8 Å². The number of aromatic nitrogens is 1. The van der Waals surface area contributed by atoms with Crippen molar-refractivity contribution in [3.8, 4) is 23.0 Å². The van der Waals surface area contributed by atoms with E-state index >= 15 is 0 Å². The van der Waals surface area contributed by atoms with Crippen LogP contribution in [-0.4, -0.2) is 63.8 Å². The van der Waals surface area contributed by atoms with Crippen LogP contribution in [0.4, 0.5) is 8.78 Å². The van der Waals surface area contributed by atoms with Gasteiger partial charge in [0.25, 0.3) is 11.8 Å². The summed E-state index contributed by atoms with van der Waals surface area (Å²) >= 11 is 13.0. The normalized spacial score (nSPS) is 14.7. The van der Waals surface area contributed by atoms with E-state index in [0.717, 1.165) is 17.7 Å². The molecule has 244 valence electrons. The number of pyridine rings is 1. The van der Waals surface area contributed by atoms with Crippen LogP contribution >= 0.6 is 23.2 Å². The molecule has 1 aromatic heterocycles. The minimum absolute atomic E-state index is 0.0245. The number of nitrogens with zero attached hydrogens (tertiary/aromatic N) is 2. The van der Waals surface area contributed by atoms with E-state index in [1.54, 1.807) is 0 Å². The summed E-state index contributed by atoms with van der Waals surface area (Å²) in [6, 6.07) is 6.86. The number of hydrogen-bond donors (Lipinski definition) is 0. The Labute approximate surface area is 272 Å². The molecule has 2 aliphatic rings. The molecular weight excluding hydrogens is 653 g/mol. The summed E-state index contributed by atoms with van der Waals surface area (Å²) in [6.07, 6.45) is 3.60. The average molecular weight is 682 g/mol. The molecule has 0 bridgehead atoms. The van der Waals surface area contributed by atoms with Crippen molar-refractivity contribution in [1.82, 2.24) is 4.90 Å². The summed E-state index contributed by atoms with van der Waals surface area (Å²) in [5.74, 6) is -1.80. The van der Waals surface area contributed by atoms with Gasteiger partial charge in [0.05, 0.1) is 32.0 Å². The second-order valence-electron chi connectivity index (χ2n) is 10.4. The van der Waals surface area contributed by atoms with E-state index in [-0.39, 0.29) is 57.2 Å². The van der Waals surface area contributed by atoms with E-state index in [0.29, 0.717) is 17.0 Å². The van der Waals surface area contributed by atoms with Gasteiger partial charge < -0.3 is 23.7 Å². The Kier molecular flexibility index (Phi) is 10.0. The van der Waals surface area contributed by atoms with Crippen LogP contribution in [0.1, 0.15) is 50.8 Å². The minimum atomic E-state index is -3.10. The maximum Gasteiger partial charge on any atom is 0.387 e. The summed E-state index contributed by atoms with van der Waals surface area (Å²) in [7, 11) is 4.18. The van der Waals surface area contributed by atoms with Crippen LogP contribution in [0.5, 0.6) is 23.0 Å². The fraction of sp³-hybridized carbons (Fsp3) is 0.355. The van der Waals surface area contributed by atoms with Crippen LogP contribution in [0, 0.1) is 5.92 Å². The number of alkyl halides is 2. The van der Waals surface area contributed by atoms with Crippen LogP contribution in [0.15, 0.2) is 42.7 Å². The van der Waals surface area contributed by atoms with Gasteiger partial charge in [0.15, 0.2) is 23.0 Å². The van der Waals surface area contributed by atoms with Crippen molar-refractivity contribution in [2.24, 2.45) is 5.92 Å². The molecule has 11 nitrogen and oxygen atoms in total. The SMILES string of the molecule is COc1cc2c(cc1OC)C(=O)N(CC(=O)O[C@@H](Cc1c(Cl)c[n+](OC)cc1Cl)c1ccc(OC(F)F)c(OCC3CC3)c1)C2=O. The van der Waals surface area contributed by atoms with Crippen LogP contribution < -0.4 is 28.5 Å². The van der Waals surface area contributed by atoms with E-state index < -0.39 is 37.0 Å². The lowest BCUT2D eigenvalue weighted by atomic mass is 10.0. The van der Waals surface area contributed by atoms with E-state index in [2.05, 4.69) is 4.74 Å². The topological polar surface area (TPSA) is 114 Å². The van der Waals surface area contributed by atoms with Crippen molar-refractivity contribution in [2.45, 2.75) is 32.0 Å². The molecule has 0 N–H and O–H groups in total. The van der Waals surface area contributed by atoms with Gasteiger partial charge in [-0.05, 0) is 48.6 Å². The highest BCUT2D eigenvalue weighted by atomic mass is 35.5. The molecule has 2 aromatic carbocycles. The van der Waals surface area contributed by atoms with E-state index in [1.807, 2.05) is 0 Å². The third-order valence-corrected chi connectivity index (χ3v) is 8.07. The Morgan fingerprint density at radius 1 is 0.935 bits per heavy atom. The standard InChI is InChI=1S/C31H29Cl2F2N2O9/c1-41-25-9-18-19(10-26(25)42-2)30(40)37(29(18)39)14-28(38)45-24(11-20-21(32)12-36(43-3)13-22(20)33)17-6-7-23(46-31(34)35)27(8-17)44-15-16-4-5-16/h6-10,12-13,16,24,31H,4-5,11,14-15H2,1-3H3/q+1/t24-/m0/s1. The molecule has 0 spiro atoms. The van der Waals surface area contributed by atoms with Crippen LogP contribution in [-0.2, 0) is 16.0 Å². The third-order valence-electron chi connectivity index (χ3n) is 7.42. The fourth-order valence-corrected chi connectivity index (χ4v) is 5.45.